The van der Waals surface area contributed by atoms with E-state index in [1.54, 1.807) is 31.5 Å². The van der Waals surface area contributed by atoms with Gasteiger partial charge in [0.05, 0.1) is 31.7 Å². The van der Waals surface area contributed by atoms with Gasteiger partial charge in [0.25, 0.3) is 5.91 Å². The zero-order chi connectivity index (χ0) is 15.4. The molecule has 1 N–H and O–H groups in total. The van der Waals surface area contributed by atoms with Gasteiger partial charge in [-0.2, -0.15) is 0 Å². The Bertz CT molecular complexity index is 674. The highest BCUT2D eigenvalue weighted by molar-refractivity contribution is 9.10. The SMILES string of the molecule is COc1ccc(OC)c(C(=O)Nc2cnc(Br)c(C)c2)c1. The third-order valence-electron chi connectivity index (χ3n) is 2.92. The Morgan fingerprint density at radius 2 is 2.00 bits per heavy atom. The predicted octanol–water partition coefficient (Wildman–Crippen LogP) is 3.42. The maximum Gasteiger partial charge on any atom is 0.259 e. The molecule has 1 heterocycles. The van der Waals surface area contributed by atoms with Gasteiger partial charge in [0, 0.05) is 0 Å². The summed E-state index contributed by atoms with van der Waals surface area (Å²) in [5.74, 6) is 0.787. The Labute approximate surface area is 131 Å². The van der Waals surface area contributed by atoms with Gasteiger partial charge in [-0.25, -0.2) is 4.98 Å². The minimum atomic E-state index is -0.283. The summed E-state index contributed by atoms with van der Waals surface area (Å²) in [5.41, 5.74) is 1.95. The van der Waals surface area contributed by atoms with Crippen LogP contribution >= 0.6 is 15.9 Å². The Balaban J connectivity index is 2.28. The van der Waals surface area contributed by atoms with Crippen molar-refractivity contribution in [1.82, 2.24) is 4.98 Å². The lowest BCUT2D eigenvalue weighted by atomic mass is 10.1. The minimum absolute atomic E-state index is 0.283. The van der Waals surface area contributed by atoms with E-state index < -0.39 is 0 Å². The Morgan fingerprint density at radius 1 is 1.24 bits per heavy atom. The number of halogens is 1. The lowest BCUT2D eigenvalue weighted by Gasteiger charge is -2.11. The fourth-order valence-corrected chi connectivity index (χ4v) is 2.03. The molecule has 0 aliphatic heterocycles. The maximum absolute atomic E-state index is 12.4. The Kier molecular flexibility index (Phi) is 4.80. The summed E-state index contributed by atoms with van der Waals surface area (Å²) in [5, 5.41) is 2.79. The highest BCUT2D eigenvalue weighted by Crippen LogP contribution is 2.25. The fraction of sp³-hybridized carbons (Fsp3) is 0.200. The quantitative estimate of drug-likeness (QED) is 0.858. The lowest BCUT2D eigenvalue weighted by Crippen LogP contribution is -2.13. The van der Waals surface area contributed by atoms with Crippen LogP contribution in [-0.4, -0.2) is 25.1 Å². The summed E-state index contributed by atoms with van der Waals surface area (Å²) in [6.45, 7) is 1.90. The third-order valence-corrected chi connectivity index (χ3v) is 3.75. The van der Waals surface area contributed by atoms with Crippen molar-refractivity contribution >= 4 is 27.5 Å². The van der Waals surface area contributed by atoms with Crippen LogP contribution in [0.5, 0.6) is 11.5 Å². The van der Waals surface area contributed by atoms with Crippen molar-refractivity contribution in [2.75, 3.05) is 19.5 Å². The van der Waals surface area contributed by atoms with Crippen molar-refractivity contribution in [1.29, 1.82) is 0 Å². The zero-order valence-electron chi connectivity index (χ0n) is 11.9. The molecule has 5 nitrogen and oxygen atoms in total. The predicted molar refractivity (Wildman–Crippen MR) is 84.2 cm³/mol. The molecule has 1 aromatic heterocycles. The average molecular weight is 351 g/mol. The van der Waals surface area contributed by atoms with Crippen LogP contribution in [0.15, 0.2) is 35.1 Å². The first kappa shape index (κ1) is 15.3. The monoisotopic (exact) mass is 350 g/mol. The zero-order valence-corrected chi connectivity index (χ0v) is 13.5. The molecular formula is C15H15BrN2O3. The molecule has 0 aliphatic carbocycles. The number of rotatable bonds is 4. The van der Waals surface area contributed by atoms with E-state index in [2.05, 4.69) is 26.2 Å². The van der Waals surface area contributed by atoms with Crippen LogP contribution in [0.2, 0.25) is 0 Å². The van der Waals surface area contributed by atoms with Gasteiger partial charge in [-0.3, -0.25) is 4.79 Å². The lowest BCUT2D eigenvalue weighted by molar-refractivity contribution is 0.102. The molecule has 0 spiro atoms. The van der Waals surface area contributed by atoms with E-state index in [-0.39, 0.29) is 5.91 Å². The molecule has 2 aromatic rings. The van der Waals surface area contributed by atoms with Crippen molar-refractivity contribution in [3.05, 3.63) is 46.2 Å². The van der Waals surface area contributed by atoms with Gasteiger partial charge < -0.3 is 14.8 Å². The van der Waals surface area contributed by atoms with E-state index in [4.69, 9.17) is 9.47 Å². The van der Waals surface area contributed by atoms with Crippen LogP contribution in [0.3, 0.4) is 0 Å². The number of ether oxygens (including phenoxy) is 2. The van der Waals surface area contributed by atoms with Crippen LogP contribution in [0.1, 0.15) is 15.9 Å². The molecule has 6 heteroatoms. The summed E-state index contributed by atoms with van der Waals surface area (Å²) in [7, 11) is 3.06. The van der Waals surface area contributed by atoms with Crippen LogP contribution in [-0.2, 0) is 0 Å². The Morgan fingerprint density at radius 3 is 2.62 bits per heavy atom. The number of pyridine rings is 1. The molecule has 0 saturated heterocycles. The average Bonchev–Trinajstić information content (AvgIpc) is 2.50. The van der Waals surface area contributed by atoms with Crippen molar-refractivity contribution in [3.63, 3.8) is 0 Å². The number of hydrogen-bond acceptors (Lipinski definition) is 4. The molecule has 0 unspecified atom stereocenters. The summed E-state index contributed by atoms with van der Waals surface area (Å²) >= 11 is 3.32. The molecule has 0 atom stereocenters. The first-order valence-corrected chi connectivity index (χ1v) is 7.00. The number of benzene rings is 1. The van der Waals surface area contributed by atoms with Crippen molar-refractivity contribution in [2.45, 2.75) is 6.92 Å². The number of amides is 1. The topological polar surface area (TPSA) is 60.5 Å². The number of methoxy groups -OCH3 is 2. The van der Waals surface area contributed by atoms with Crippen molar-refractivity contribution in [3.8, 4) is 11.5 Å². The minimum Gasteiger partial charge on any atom is -0.497 e. The largest absolute Gasteiger partial charge is 0.497 e. The molecule has 0 saturated carbocycles. The molecule has 0 radical (unpaired) electrons. The summed E-state index contributed by atoms with van der Waals surface area (Å²) < 4.78 is 11.1. The van der Waals surface area contributed by atoms with Crippen LogP contribution in [0.4, 0.5) is 5.69 Å². The molecule has 0 aliphatic rings. The molecule has 0 fully saturated rings. The van der Waals surface area contributed by atoms with Crippen LogP contribution in [0.25, 0.3) is 0 Å². The smallest absolute Gasteiger partial charge is 0.259 e. The number of carbonyl (C=O) groups is 1. The number of nitrogens with zero attached hydrogens (tertiary/aromatic N) is 1. The standard InChI is InChI=1S/C15H15BrN2O3/c1-9-6-10(8-17-14(9)16)18-15(19)12-7-11(20-2)4-5-13(12)21-3/h4-8H,1-3H3,(H,18,19). The number of hydrogen-bond donors (Lipinski definition) is 1. The highest BCUT2D eigenvalue weighted by atomic mass is 79.9. The molecule has 0 bridgehead atoms. The van der Waals surface area contributed by atoms with E-state index in [1.165, 1.54) is 7.11 Å². The first-order valence-electron chi connectivity index (χ1n) is 6.20. The second-order valence-corrected chi connectivity index (χ2v) is 5.10. The van der Waals surface area contributed by atoms with Crippen LogP contribution in [0, 0.1) is 6.92 Å². The third kappa shape index (κ3) is 3.52. The second-order valence-electron chi connectivity index (χ2n) is 4.35. The summed E-state index contributed by atoms with van der Waals surface area (Å²) in [6, 6.07) is 6.90. The number of aromatic nitrogens is 1. The van der Waals surface area contributed by atoms with E-state index in [9.17, 15) is 4.79 Å². The van der Waals surface area contributed by atoms with Gasteiger partial charge >= 0.3 is 0 Å². The van der Waals surface area contributed by atoms with Crippen molar-refractivity contribution < 1.29 is 14.3 Å². The number of aryl methyl sites for hydroxylation is 1. The highest BCUT2D eigenvalue weighted by Gasteiger charge is 2.14. The fourth-order valence-electron chi connectivity index (χ4n) is 1.82. The maximum atomic E-state index is 12.4. The Hall–Kier alpha value is -2.08. The molecule has 110 valence electrons. The number of carbonyl (C=O) groups excluding carboxylic acids is 1. The molecule has 21 heavy (non-hydrogen) atoms. The van der Waals surface area contributed by atoms with E-state index in [1.807, 2.05) is 13.0 Å². The van der Waals surface area contributed by atoms with Gasteiger partial charge in [0.15, 0.2) is 0 Å². The second kappa shape index (κ2) is 6.58. The normalized spacial score (nSPS) is 10.1. The van der Waals surface area contributed by atoms with Crippen LogP contribution < -0.4 is 14.8 Å². The van der Waals surface area contributed by atoms with Crippen molar-refractivity contribution in [2.24, 2.45) is 0 Å². The summed E-state index contributed by atoms with van der Waals surface area (Å²) in [4.78, 5) is 16.5. The van der Waals surface area contributed by atoms with E-state index in [0.717, 1.165) is 10.2 Å². The van der Waals surface area contributed by atoms with Gasteiger partial charge in [-0.15, -0.1) is 0 Å². The molecule has 2 rings (SSSR count). The van der Waals surface area contributed by atoms with Gasteiger partial charge in [-0.05, 0) is 52.7 Å². The van der Waals surface area contributed by atoms with E-state index >= 15 is 0 Å². The van der Waals surface area contributed by atoms with Gasteiger partial charge in [0.2, 0.25) is 0 Å². The first-order chi connectivity index (χ1) is 10.0. The van der Waals surface area contributed by atoms with Gasteiger partial charge in [0.1, 0.15) is 16.1 Å². The number of anilines is 1. The number of nitrogens with one attached hydrogen (secondary N) is 1. The summed E-state index contributed by atoms with van der Waals surface area (Å²) in [6.07, 6.45) is 1.58. The molecular weight excluding hydrogens is 336 g/mol. The van der Waals surface area contributed by atoms with E-state index in [0.29, 0.717) is 22.7 Å². The molecule has 1 aromatic carbocycles. The molecule has 1 amide bonds. The van der Waals surface area contributed by atoms with Gasteiger partial charge in [-0.1, -0.05) is 0 Å².